The van der Waals surface area contributed by atoms with Crippen molar-refractivity contribution in [3.8, 4) is 11.8 Å². The van der Waals surface area contributed by atoms with Gasteiger partial charge in [-0.1, -0.05) is 18.2 Å². The molecule has 1 aliphatic rings. The van der Waals surface area contributed by atoms with E-state index in [2.05, 4.69) is 51.3 Å². The summed E-state index contributed by atoms with van der Waals surface area (Å²) < 4.78 is 12.8. The van der Waals surface area contributed by atoms with Gasteiger partial charge in [-0.2, -0.15) is 5.26 Å². The van der Waals surface area contributed by atoms with Crippen LogP contribution in [0.1, 0.15) is 30.5 Å². The van der Waals surface area contributed by atoms with E-state index in [1.165, 1.54) is 6.92 Å². The number of thioether (sulfide) groups is 1. The number of halogens is 2. The van der Waals surface area contributed by atoms with E-state index < -0.39 is 23.2 Å². The molecule has 1 atom stereocenters. The fraction of sp³-hybridized carbons (Fsp3) is 0.217. The molecule has 7 nitrogen and oxygen atoms in total. The molecule has 2 aromatic rings. The summed E-state index contributed by atoms with van der Waals surface area (Å²) in [4.78, 5) is 38.6. The van der Waals surface area contributed by atoms with Gasteiger partial charge in [-0.25, -0.2) is 4.79 Å². The monoisotopic (exact) mass is 688 g/mol. The molecule has 2 aromatic carbocycles. The Balaban J connectivity index is 1.92. The summed E-state index contributed by atoms with van der Waals surface area (Å²) in [6.07, 6.45) is 1.60. The Morgan fingerprint density at radius 3 is 2.70 bits per heavy atom. The molecule has 33 heavy (non-hydrogen) atoms. The zero-order chi connectivity index (χ0) is 24.1. The first kappa shape index (κ1) is 25.5. The van der Waals surface area contributed by atoms with Crippen molar-refractivity contribution in [2.45, 2.75) is 26.5 Å². The van der Waals surface area contributed by atoms with Gasteiger partial charge in [0.2, 0.25) is 0 Å². The molecule has 3 rings (SSSR count). The van der Waals surface area contributed by atoms with Crippen molar-refractivity contribution in [2.75, 3.05) is 6.61 Å². The van der Waals surface area contributed by atoms with Crippen LogP contribution in [-0.4, -0.2) is 34.7 Å². The largest absolute Gasteiger partial charge is 0.487 e. The Bertz CT molecular complexity index is 1190. The lowest BCUT2D eigenvalue weighted by atomic mass is 10.1. The summed E-state index contributed by atoms with van der Waals surface area (Å²) in [5.74, 6) is -0.653. The smallest absolute Gasteiger partial charge is 0.329 e. The van der Waals surface area contributed by atoms with Crippen molar-refractivity contribution in [2.24, 2.45) is 0 Å². The van der Waals surface area contributed by atoms with Crippen LogP contribution in [-0.2, 0) is 20.9 Å². The maximum absolute atomic E-state index is 12.9. The van der Waals surface area contributed by atoms with Crippen LogP contribution in [0, 0.1) is 18.5 Å². The van der Waals surface area contributed by atoms with E-state index >= 15 is 0 Å². The second-order valence-corrected chi connectivity index (χ2v) is 10.2. The minimum Gasteiger partial charge on any atom is -0.487 e. The maximum Gasteiger partial charge on any atom is 0.329 e. The van der Waals surface area contributed by atoms with E-state index in [4.69, 9.17) is 9.47 Å². The van der Waals surface area contributed by atoms with E-state index in [9.17, 15) is 19.6 Å². The zero-order valence-electron chi connectivity index (χ0n) is 17.6. The number of carbonyl (C=O) groups is 3. The summed E-state index contributed by atoms with van der Waals surface area (Å²) in [5.41, 5.74) is 1.88. The highest BCUT2D eigenvalue weighted by Crippen LogP contribution is 2.37. The Labute approximate surface area is 222 Å². The molecule has 0 spiro atoms. The van der Waals surface area contributed by atoms with Crippen LogP contribution in [0.5, 0.6) is 5.75 Å². The van der Waals surface area contributed by atoms with E-state index in [-0.39, 0.29) is 18.1 Å². The lowest BCUT2D eigenvalue weighted by molar-refractivity contribution is -0.150. The summed E-state index contributed by atoms with van der Waals surface area (Å²) in [6, 6.07) is 12.1. The van der Waals surface area contributed by atoms with Gasteiger partial charge in [0.1, 0.15) is 18.4 Å². The third-order valence-corrected chi connectivity index (χ3v) is 6.98. The average Bonchev–Trinajstić information content (AvgIpc) is 3.05. The molecule has 0 N–H and O–H groups in total. The minimum absolute atomic E-state index is 0.158. The molecule has 2 amide bonds. The highest BCUT2D eigenvalue weighted by molar-refractivity contribution is 14.1. The molecule has 0 bridgehead atoms. The Morgan fingerprint density at radius 1 is 1.27 bits per heavy atom. The Kier molecular flexibility index (Phi) is 8.77. The molecule has 1 saturated heterocycles. The van der Waals surface area contributed by atoms with E-state index in [0.717, 1.165) is 29.4 Å². The van der Waals surface area contributed by atoms with Crippen LogP contribution in [0.3, 0.4) is 0 Å². The number of hydrogen-bond donors (Lipinski definition) is 0. The molecule has 0 unspecified atom stereocenters. The van der Waals surface area contributed by atoms with E-state index in [1.54, 1.807) is 25.1 Å². The fourth-order valence-electron chi connectivity index (χ4n) is 3.07. The van der Waals surface area contributed by atoms with Gasteiger partial charge in [-0.15, -0.1) is 0 Å². The number of imide groups is 1. The molecule has 0 aromatic heterocycles. The topological polar surface area (TPSA) is 96.7 Å². The summed E-state index contributed by atoms with van der Waals surface area (Å²) in [5, 5.41) is 8.79. The number of benzene rings is 2. The maximum atomic E-state index is 12.9. The van der Waals surface area contributed by atoms with Gasteiger partial charge in [-0.05, 0) is 95.1 Å². The number of esters is 1. The van der Waals surface area contributed by atoms with Crippen LogP contribution in [0.4, 0.5) is 4.79 Å². The number of amides is 2. The first-order chi connectivity index (χ1) is 15.8. The highest BCUT2D eigenvalue weighted by atomic mass is 127. The van der Waals surface area contributed by atoms with Gasteiger partial charge >= 0.3 is 5.97 Å². The lowest BCUT2D eigenvalue weighted by Gasteiger charge is -2.19. The van der Waals surface area contributed by atoms with Crippen LogP contribution in [0.2, 0.25) is 0 Å². The molecule has 1 heterocycles. The molecule has 0 saturated carbocycles. The SMILES string of the molecule is CCOC(=O)[C@H](C)N1C(=O)S/C(=C/c2cc(I)cc(I)c2OCc2ccccc2C#N)C1=O. The van der Waals surface area contributed by atoms with Gasteiger partial charge in [-0.3, -0.25) is 14.5 Å². The standard InChI is InChI=1S/C23H18I2N2O5S/c1-3-31-22(29)13(2)27-21(28)19(33-23(27)30)9-16-8-17(24)10-18(25)20(16)32-12-15-7-5-4-6-14(15)11-26/h4-10,13H,3,12H2,1-2H3/b19-9+/t13-/m0/s1. The minimum atomic E-state index is -1.02. The molecular formula is C23H18I2N2O5S. The van der Waals surface area contributed by atoms with Crippen LogP contribution in [0.15, 0.2) is 41.3 Å². The molecule has 170 valence electrons. The van der Waals surface area contributed by atoms with Crippen LogP contribution >= 0.6 is 56.9 Å². The van der Waals surface area contributed by atoms with Crippen LogP contribution < -0.4 is 4.74 Å². The number of nitrogens with zero attached hydrogens (tertiary/aromatic N) is 2. The Morgan fingerprint density at radius 2 is 2.00 bits per heavy atom. The number of ether oxygens (including phenoxy) is 2. The highest BCUT2D eigenvalue weighted by Gasteiger charge is 2.41. The van der Waals surface area contributed by atoms with Crippen molar-refractivity contribution in [1.29, 1.82) is 5.26 Å². The molecule has 0 aliphatic carbocycles. The van der Waals surface area contributed by atoms with Crippen molar-refractivity contribution in [3.63, 3.8) is 0 Å². The number of hydrogen-bond acceptors (Lipinski definition) is 7. The molecular weight excluding hydrogens is 670 g/mol. The Hall–Kier alpha value is -2.11. The third-order valence-electron chi connectivity index (χ3n) is 4.67. The van der Waals surface area contributed by atoms with Gasteiger partial charge in [0.15, 0.2) is 0 Å². The summed E-state index contributed by atoms with van der Waals surface area (Å²) >= 11 is 5.08. The fourth-order valence-corrected chi connectivity index (χ4v) is 6.01. The van der Waals surface area contributed by atoms with Gasteiger partial charge in [0.05, 0.1) is 26.7 Å². The molecule has 10 heteroatoms. The molecule has 1 fully saturated rings. The number of carbonyl (C=O) groups excluding carboxylic acids is 3. The third kappa shape index (κ3) is 5.88. The second kappa shape index (κ2) is 11.3. The van der Waals surface area contributed by atoms with Gasteiger partial charge in [0.25, 0.3) is 11.1 Å². The van der Waals surface area contributed by atoms with Crippen molar-refractivity contribution < 1.29 is 23.9 Å². The van der Waals surface area contributed by atoms with Crippen molar-refractivity contribution in [3.05, 3.63) is 65.1 Å². The van der Waals surface area contributed by atoms with Gasteiger partial charge in [0, 0.05) is 14.7 Å². The first-order valence-electron chi connectivity index (χ1n) is 9.80. The lowest BCUT2D eigenvalue weighted by Crippen LogP contribution is -2.42. The first-order valence-corrected chi connectivity index (χ1v) is 12.8. The quantitative estimate of drug-likeness (QED) is 0.221. The van der Waals surface area contributed by atoms with Gasteiger partial charge < -0.3 is 9.47 Å². The van der Waals surface area contributed by atoms with Crippen molar-refractivity contribution in [1.82, 2.24) is 4.90 Å². The predicted molar refractivity (Wildman–Crippen MR) is 141 cm³/mol. The zero-order valence-corrected chi connectivity index (χ0v) is 22.8. The van der Waals surface area contributed by atoms with Crippen LogP contribution in [0.25, 0.3) is 6.08 Å². The molecule has 1 aliphatic heterocycles. The number of rotatable bonds is 7. The van der Waals surface area contributed by atoms with E-state index in [1.807, 2.05) is 24.3 Å². The predicted octanol–water partition coefficient (Wildman–Crippen LogP) is 5.33. The normalized spacial score (nSPS) is 15.5. The number of nitriles is 1. The molecule has 0 radical (unpaired) electrons. The summed E-state index contributed by atoms with van der Waals surface area (Å²) in [7, 11) is 0. The average molecular weight is 688 g/mol. The second-order valence-electron chi connectivity index (χ2n) is 6.84. The van der Waals surface area contributed by atoms with Crippen molar-refractivity contribution >= 4 is 80.1 Å². The summed E-state index contributed by atoms with van der Waals surface area (Å²) in [6.45, 7) is 3.45. The van der Waals surface area contributed by atoms with E-state index in [0.29, 0.717) is 16.9 Å².